The van der Waals surface area contributed by atoms with Crippen LogP contribution in [0, 0.1) is 0 Å². The number of esters is 1. The van der Waals surface area contributed by atoms with Crippen LogP contribution in [0.4, 0.5) is 17.5 Å². The van der Waals surface area contributed by atoms with Gasteiger partial charge < -0.3 is 26.0 Å². The number of nitrogens with one attached hydrogen (secondary N) is 2. The molecule has 1 saturated heterocycles. The van der Waals surface area contributed by atoms with Gasteiger partial charge in [-0.15, -0.1) is 10.2 Å². The van der Waals surface area contributed by atoms with E-state index in [2.05, 4.69) is 32.4 Å². The fraction of sp³-hybridized carbons (Fsp3) is 0.231. The molecule has 3 aromatic rings. The molecule has 1 aliphatic heterocycles. The van der Waals surface area contributed by atoms with Crippen molar-refractivity contribution in [2.24, 2.45) is 5.73 Å². The maximum absolute atomic E-state index is 12.6. The predicted molar refractivity (Wildman–Crippen MR) is 137 cm³/mol. The lowest BCUT2D eigenvalue weighted by molar-refractivity contribution is -0.126. The number of benzene rings is 2. The van der Waals surface area contributed by atoms with E-state index < -0.39 is 11.9 Å². The maximum atomic E-state index is 12.6. The molecule has 2 heterocycles. The van der Waals surface area contributed by atoms with E-state index in [0.29, 0.717) is 24.2 Å². The third kappa shape index (κ3) is 6.07. The number of hydrogen-bond donors (Lipinski definition) is 3. The van der Waals surface area contributed by atoms with Crippen molar-refractivity contribution >= 4 is 35.2 Å². The summed E-state index contributed by atoms with van der Waals surface area (Å²) in [6.07, 6.45) is 1.96. The van der Waals surface area contributed by atoms with Crippen molar-refractivity contribution in [1.82, 2.24) is 20.1 Å². The fourth-order valence-electron chi connectivity index (χ4n) is 4.03. The molecule has 190 valence electrons. The number of primary amides is 1. The quantitative estimate of drug-likeness (QED) is 0.297. The highest BCUT2D eigenvalue weighted by atomic mass is 16.5. The number of amides is 2. The molecule has 11 nitrogen and oxygen atoms in total. The molecule has 4 N–H and O–H groups in total. The molecule has 1 aromatic heterocycles. The van der Waals surface area contributed by atoms with E-state index in [1.807, 2.05) is 37.3 Å². The second kappa shape index (κ2) is 11.3. The first kappa shape index (κ1) is 25.3. The second-order valence-electron chi connectivity index (χ2n) is 8.48. The number of ether oxygens (including phenoxy) is 1. The number of likely N-dealkylation sites (tertiary alicyclic amines) is 1. The first-order chi connectivity index (χ1) is 17.9. The Morgan fingerprint density at radius 3 is 2.68 bits per heavy atom. The maximum Gasteiger partial charge on any atom is 0.338 e. The van der Waals surface area contributed by atoms with Gasteiger partial charge in [0.2, 0.25) is 11.9 Å². The van der Waals surface area contributed by atoms with Crippen LogP contribution in [0.1, 0.15) is 39.8 Å². The summed E-state index contributed by atoms with van der Waals surface area (Å²) in [6.45, 7) is 6.16. The Bertz CT molecular complexity index is 1320. The molecule has 0 radical (unpaired) electrons. The number of anilines is 3. The molecule has 37 heavy (non-hydrogen) atoms. The van der Waals surface area contributed by atoms with Crippen LogP contribution in [0.15, 0.2) is 67.3 Å². The third-order valence-corrected chi connectivity index (χ3v) is 6.02. The molecule has 2 amide bonds. The van der Waals surface area contributed by atoms with Crippen LogP contribution in [0.3, 0.4) is 0 Å². The van der Waals surface area contributed by atoms with E-state index in [9.17, 15) is 14.4 Å². The molecule has 1 aliphatic rings. The zero-order valence-electron chi connectivity index (χ0n) is 20.3. The van der Waals surface area contributed by atoms with Crippen LogP contribution in [-0.4, -0.2) is 56.5 Å². The van der Waals surface area contributed by atoms with E-state index in [1.165, 1.54) is 6.08 Å². The summed E-state index contributed by atoms with van der Waals surface area (Å²) in [4.78, 5) is 42.7. The minimum Gasteiger partial charge on any atom is -0.457 e. The molecule has 0 saturated carbocycles. The van der Waals surface area contributed by atoms with E-state index in [4.69, 9.17) is 10.5 Å². The minimum absolute atomic E-state index is 0.0736. The molecule has 0 bridgehead atoms. The summed E-state index contributed by atoms with van der Waals surface area (Å²) in [5.41, 5.74) is 6.97. The summed E-state index contributed by atoms with van der Waals surface area (Å²) in [6, 6.07) is 15.7. The highest BCUT2D eigenvalue weighted by molar-refractivity contribution is 5.96. The van der Waals surface area contributed by atoms with Gasteiger partial charge in [-0.3, -0.25) is 9.59 Å². The van der Waals surface area contributed by atoms with Gasteiger partial charge in [0.05, 0.1) is 11.6 Å². The zero-order chi connectivity index (χ0) is 26.4. The molecule has 11 heteroatoms. The summed E-state index contributed by atoms with van der Waals surface area (Å²) >= 11 is 0. The Morgan fingerprint density at radius 2 is 1.95 bits per heavy atom. The standard InChI is InChI=1S/C26H27N7O4/c1-3-21(34)33-13-12-20(16(33)2)29-26-30-24(22(23(27)35)31-32-26)28-19-11-7-10-18(14-19)25(36)37-15-17-8-5-4-6-9-17/h3-11,14,16,20H,1,12-13,15H2,2H3,(H2,27,35)(H2,28,29,30,32)/t16-,20-/m1/s1. The average molecular weight is 502 g/mol. The van der Waals surface area contributed by atoms with Gasteiger partial charge in [-0.05, 0) is 43.2 Å². The highest BCUT2D eigenvalue weighted by Gasteiger charge is 2.33. The van der Waals surface area contributed by atoms with Crippen molar-refractivity contribution in [3.05, 3.63) is 84.1 Å². The first-order valence-electron chi connectivity index (χ1n) is 11.7. The third-order valence-electron chi connectivity index (χ3n) is 6.02. The van der Waals surface area contributed by atoms with Crippen molar-refractivity contribution < 1.29 is 19.1 Å². The number of carbonyl (C=O) groups excluding carboxylic acids is 3. The lowest BCUT2D eigenvalue weighted by Gasteiger charge is -2.24. The molecule has 1 fully saturated rings. The Morgan fingerprint density at radius 1 is 1.16 bits per heavy atom. The van der Waals surface area contributed by atoms with Gasteiger partial charge >= 0.3 is 5.97 Å². The largest absolute Gasteiger partial charge is 0.457 e. The monoisotopic (exact) mass is 501 g/mol. The van der Waals surface area contributed by atoms with Crippen molar-refractivity contribution in [3.8, 4) is 0 Å². The van der Waals surface area contributed by atoms with E-state index in [-0.39, 0.29) is 42.1 Å². The second-order valence-corrected chi connectivity index (χ2v) is 8.48. The summed E-state index contributed by atoms with van der Waals surface area (Å²) in [5.74, 6) is -1.23. The number of carbonyl (C=O) groups is 3. The Labute approximate surface area is 213 Å². The molecule has 0 unspecified atom stereocenters. The lowest BCUT2D eigenvalue weighted by Crippen LogP contribution is -2.39. The predicted octanol–water partition coefficient (Wildman–Crippen LogP) is 2.66. The summed E-state index contributed by atoms with van der Waals surface area (Å²) < 4.78 is 5.40. The molecule has 0 aliphatic carbocycles. The van der Waals surface area contributed by atoms with Crippen LogP contribution >= 0.6 is 0 Å². The first-order valence-corrected chi connectivity index (χ1v) is 11.7. The normalized spacial score (nSPS) is 16.6. The average Bonchev–Trinajstić information content (AvgIpc) is 3.27. The van der Waals surface area contributed by atoms with Crippen LogP contribution in [-0.2, 0) is 16.1 Å². The molecule has 0 spiro atoms. The number of rotatable bonds is 9. The summed E-state index contributed by atoms with van der Waals surface area (Å²) in [7, 11) is 0. The van der Waals surface area contributed by atoms with Gasteiger partial charge in [0.25, 0.3) is 5.91 Å². The van der Waals surface area contributed by atoms with E-state index >= 15 is 0 Å². The van der Waals surface area contributed by atoms with Crippen LogP contribution in [0.2, 0.25) is 0 Å². The van der Waals surface area contributed by atoms with Gasteiger partial charge in [-0.2, -0.15) is 4.98 Å². The van der Waals surface area contributed by atoms with E-state index in [1.54, 1.807) is 29.2 Å². The van der Waals surface area contributed by atoms with Gasteiger partial charge in [0, 0.05) is 18.3 Å². The van der Waals surface area contributed by atoms with E-state index in [0.717, 1.165) is 5.56 Å². The zero-order valence-corrected chi connectivity index (χ0v) is 20.3. The number of nitrogens with zero attached hydrogens (tertiary/aromatic N) is 4. The van der Waals surface area contributed by atoms with Crippen LogP contribution in [0.25, 0.3) is 0 Å². The Kier molecular flexibility index (Phi) is 7.72. The SMILES string of the molecule is C=CC(=O)N1CC[C@@H](Nc2nnc(C(N)=O)c(Nc3cccc(C(=O)OCc4ccccc4)c3)n2)[C@H]1C. The molecule has 2 atom stereocenters. The number of aromatic nitrogens is 3. The van der Waals surface area contributed by atoms with Crippen molar-refractivity contribution in [1.29, 1.82) is 0 Å². The summed E-state index contributed by atoms with van der Waals surface area (Å²) in [5, 5.41) is 14.1. The topological polar surface area (TPSA) is 152 Å². The van der Waals surface area contributed by atoms with Gasteiger partial charge in [0.15, 0.2) is 11.5 Å². The number of nitrogens with two attached hydrogens (primary N) is 1. The smallest absolute Gasteiger partial charge is 0.338 e. The number of hydrogen-bond acceptors (Lipinski definition) is 9. The molecule has 4 rings (SSSR count). The Hall–Kier alpha value is -4.80. The van der Waals surface area contributed by atoms with Crippen LogP contribution < -0.4 is 16.4 Å². The van der Waals surface area contributed by atoms with Crippen molar-refractivity contribution in [2.45, 2.75) is 32.0 Å². The lowest BCUT2D eigenvalue weighted by atomic mass is 10.1. The van der Waals surface area contributed by atoms with Crippen molar-refractivity contribution in [2.75, 3.05) is 17.2 Å². The molecular formula is C26H27N7O4. The van der Waals surface area contributed by atoms with Crippen molar-refractivity contribution in [3.63, 3.8) is 0 Å². The van der Waals surface area contributed by atoms with Gasteiger partial charge in [-0.25, -0.2) is 4.79 Å². The van der Waals surface area contributed by atoms with Gasteiger partial charge in [-0.1, -0.05) is 43.0 Å². The van der Waals surface area contributed by atoms with Crippen LogP contribution in [0.5, 0.6) is 0 Å². The highest BCUT2D eigenvalue weighted by Crippen LogP contribution is 2.23. The molecule has 2 aromatic carbocycles. The van der Waals surface area contributed by atoms with Gasteiger partial charge in [0.1, 0.15) is 6.61 Å². The fourth-order valence-corrected chi connectivity index (χ4v) is 4.03. The Balaban J connectivity index is 1.49. The minimum atomic E-state index is -0.815. The molecular weight excluding hydrogens is 474 g/mol.